The molecule has 2 heterocycles. The molecule has 2 atom stereocenters. The Hall–Kier alpha value is -0.840. The third-order valence-electron chi connectivity index (χ3n) is 3.95. The summed E-state index contributed by atoms with van der Waals surface area (Å²) in [5, 5.41) is 0. The van der Waals surface area contributed by atoms with Crippen LogP contribution in [0.1, 0.15) is 26.0 Å². The first kappa shape index (κ1) is 12.6. The molecule has 17 heavy (non-hydrogen) atoms. The van der Waals surface area contributed by atoms with Crippen molar-refractivity contribution in [3.05, 3.63) is 24.2 Å². The van der Waals surface area contributed by atoms with Crippen LogP contribution in [0.3, 0.4) is 0 Å². The minimum Gasteiger partial charge on any atom is -0.468 e. The highest BCUT2D eigenvalue weighted by Crippen LogP contribution is 2.32. The average molecular weight is 238 g/mol. The molecule has 0 aliphatic carbocycles. The summed E-state index contributed by atoms with van der Waals surface area (Å²) >= 11 is 0. The van der Waals surface area contributed by atoms with Crippen molar-refractivity contribution in [2.75, 3.05) is 19.7 Å². The maximum Gasteiger partial charge on any atom is 0.117 e. The topological polar surface area (TPSA) is 51.6 Å². The number of nitrogens with zero attached hydrogens (tertiary/aromatic N) is 1. The Balaban J connectivity index is 2.15. The van der Waals surface area contributed by atoms with Crippen molar-refractivity contribution in [2.24, 2.45) is 5.73 Å². The van der Waals surface area contributed by atoms with Gasteiger partial charge in [0.2, 0.25) is 0 Å². The predicted molar refractivity (Wildman–Crippen MR) is 66.6 cm³/mol. The summed E-state index contributed by atoms with van der Waals surface area (Å²) in [6.45, 7) is 7.45. The van der Waals surface area contributed by atoms with E-state index in [-0.39, 0.29) is 11.6 Å². The van der Waals surface area contributed by atoms with Crippen LogP contribution in [0, 0.1) is 0 Å². The molecule has 1 saturated heterocycles. The maximum atomic E-state index is 6.01. The number of nitrogens with two attached hydrogens (primary N) is 1. The largest absolute Gasteiger partial charge is 0.468 e. The Kier molecular flexibility index (Phi) is 3.86. The van der Waals surface area contributed by atoms with E-state index in [1.807, 2.05) is 12.1 Å². The molecule has 1 aromatic rings. The minimum atomic E-state index is -0.0401. The van der Waals surface area contributed by atoms with E-state index in [9.17, 15) is 0 Å². The van der Waals surface area contributed by atoms with Gasteiger partial charge in [-0.2, -0.15) is 0 Å². The van der Waals surface area contributed by atoms with Crippen LogP contribution in [0.5, 0.6) is 0 Å². The van der Waals surface area contributed by atoms with E-state index in [0.717, 1.165) is 31.9 Å². The molecule has 0 spiro atoms. The van der Waals surface area contributed by atoms with Crippen LogP contribution in [-0.4, -0.2) is 36.2 Å². The van der Waals surface area contributed by atoms with Crippen LogP contribution in [0.15, 0.2) is 22.8 Å². The average Bonchev–Trinajstić information content (AvgIpc) is 2.96. The summed E-state index contributed by atoms with van der Waals surface area (Å²) in [4.78, 5) is 2.38. The van der Waals surface area contributed by atoms with Crippen molar-refractivity contribution in [2.45, 2.75) is 38.5 Å². The predicted octanol–water partition coefficient (Wildman–Crippen LogP) is 1.61. The molecule has 1 aliphatic heterocycles. The van der Waals surface area contributed by atoms with Gasteiger partial charge in [-0.15, -0.1) is 0 Å². The minimum absolute atomic E-state index is 0.0401. The monoisotopic (exact) mass is 238 g/mol. The fourth-order valence-electron chi connectivity index (χ4n) is 2.76. The van der Waals surface area contributed by atoms with Crippen LogP contribution in [0.4, 0.5) is 0 Å². The molecule has 1 fully saturated rings. The third kappa shape index (κ3) is 2.25. The molecule has 0 saturated carbocycles. The standard InChI is InChI=1S/C13H22N2O2/c1-3-15(9-12-5-4-7-17-12)13(10-14)6-8-16-11(13)2/h4-5,7,11H,3,6,8-10,14H2,1-2H3. The lowest BCUT2D eigenvalue weighted by Gasteiger charge is -2.41. The molecule has 0 amide bonds. The van der Waals surface area contributed by atoms with E-state index in [1.54, 1.807) is 6.26 Å². The Morgan fingerprint density at radius 2 is 2.41 bits per heavy atom. The fourth-order valence-corrected chi connectivity index (χ4v) is 2.76. The van der Waals surface area contributed by atoms with Gasteiger partial charge in [0.1, 0.15) is 5.76 Å². The summed E-state index contributed by atoms with van der Waals surface area (Å²) in [5.41, 5.74) is 5.97. The molecule has 4 nitrogen and oxygen atoms in total. The molecule has 0 radical (unpaired) electrons. The van der Waals surface area contributed by atoms with Gasteiger partial charge in [0.15, 0.2) is 0 Å². The molecular formula is C13H22N2O2. The van der Waals surface area contributed by atoms with Gasteiger partial charge in [-0.25, -0.2) is 0 Å². The van der Waals surface area contributed by atoms with Gasteiger partial charge in [-0.1, -0.05) is 6.92 Å². The molecular weight excluding hydrogens is 216 g/mol. The van der Waals surface area contributed by atoms with Gasteiger partial charge in [-0.3, -0.25) is 4.90 Å². The Labute approximate surface area is 103 Å². The highest BCUT2D eigenvalue weighted by atomic mass is 16.5. The summed E-state index contributed by atoms with van der Waals surface area (Å²) in [6.07, 6.45) is 2.90. The summed E-state index contributed by atoms with van der Waals surface area (Å²) in [7, 11) is 0. The third-order valence-corrected chi connectivity index (χ3v) is 3.95. The number of rotatable bonds is 5. The Morgan fingerprint density at radius 1 is 1.59 bits per heavy atom. The zero-order valence-electron chi connectivity index (χ0n) is 10.7. The number of likely N-dealkylation sites (N-methyl/N-ethyl adjacent to an activating group) is 1. The number of ether oxygens (including phenoxy) is 1. The number of hydrogen-bond donors (Lipinski definition) is 1. The van der Waals surface area contributed by atoms with Crippen molar-refractivity contribution >= 4 is 0 Å². The second-order valence-electron chi connectivity index (χ2n) is 4.66. The van der Waals surface area contributed by atoms with E-state index in [2.05, 4.69) is 18.7 Å². The van der Waals surface area contributed by atoms with Crippen molar-refractivity contribution in [3.63, 3.8) is 0 Å². The molecule has 1 aliphatic rings. The second-order valence-corrected chi connectivity index (χ2v) is 4.66. The van der Waals surface area contributed by atoms with Gasteiger partial charge in [0.25, 0.3) is 0 Å². The van der Waals surface area contributed by atoms with Gasteiger partial charge in [0.05, 0.1) is 24.5 Å². The van der Waals surface area contributed by atoms with Crippen molar-refractivity contribution < 1.29 is 9.15 Å². The molecule has 0 bridgehead atoms. The maximum absolute atomic E-state index is 6.01. The van der Waals surface area contributed by atoms with Crippen molar-refractivity contribution in [3.8, 4) is 0 Å². The number of furan rings is 1. The van der Waals surface area contributed by atoms with E-state index in [1.165, 1.54) is 0 Å². The van der Waals surface area contributed by atoms with Crippen LogP contribution in [0.2, 0.25) is 0 Å². The lowest BCUT2D eigenvalue weighted by Crippen LogP contribution is -2.57. The molecule has 2 unspecified atom stereocenters. The van der Waals surface area contributed by atoms with Gasteiger partial charge >= 0.3 is 0 Å². The van der Waals surface area contributed by atoms with Crippen molar-refractivity contribution in [1.29, 1.82) is 0 Å². The first-order chi connectivity index (χ1) is 8.23. The highest BCUT2D eigenvalue weighted by molar-refractivity contribution is 5.04. The highest BCUT2D eigenvalue weighted by Gasteiger charge is 2.44. The van der Waals surface area contributed by atoms with Gasteiger partial charge in [-0.05, 0) is 32.0 Å². The second kappa shape index (κ2) is 5.21. The molecule has 4 heteroatoms. The first-order valence-corrected chi connectivity index (χ1v) is 6.32. The summed E-state index contributed by atoms with van der Waals surface area (Å²) in [6, 6.07) is 3.93. The van der Waals surface area contributed by atoms with Crippen LogP contribution < -0.4 is 5.73 Å². The van der Waals surface area contributed by atoms with Crippen LogP contribution in [-0.2, 0) is 11.3 Å². The normalized spacial score (nSPS) is 29.1. The molecule has 1 aromatic heterocycles. The molecule has 2 rings (SSSR count). The fraction of sp³-hybridized carbons (Fsp3) is 0.692. The van der Waals surface area contributed by atoms with E-state index >= 15 is 0 Å². The number of hydrogen-bond acceptors (Lipinski definition) is 4. The lowest BCUT2D eigenvalue weighted by atomic mass is 9.89. The smallest absolute Gasteiger partial charge is 0.117 e. The molecule has 2 N–H and O–H groups in total. The summed E-state index contributed by atoms with van der Waals surface area (Å²) < 4.78 is 11.1. The molecule has 96 valence electrons. The van der Waals surface area contributed by atoms with E-state index < -0.39 is 0 Å². The van der Waals surface area contributed by atoms with Crippen LogP contribution in [0.25, 0.3) is 0 Å². The van der Waals surface area contributed by atoms with E-state index in [0.29, 0.717) is 6.54 Å². The van der Waals surface area contributed by atoms with Gasteiger partial charge in [0, 0.05) is 13.2 Å². The Bertz CT molecular complexity index is 339. The zero-order chi connectivity index (χ0) is 12.3. The SMILES string of the molecule is CCN(Cc1ccco1)C1(CN)CCOC1C. The van der Waals surface area contributed by atoms with Crippen LogP contribution >= 0.6 is 0 Å². The van der Waals surface area contributed by atoms with Gasteiger partial charge < -0.3 is 14.9 Å². The summed E-state index contributed by atoms with van der Waals surface area (Å²) in [5.74, 6) is 0.985. The van der Waals surface area contributed by atoms with E-state index in [4.69, 9.17) is 14.9 Å². The lowest BCUT2D eigenvalue weighted by molar-refractivity contribution is 0.00927. The first-order valence-electron chi connectivity index (χ1n) is 6.32. The van der Waals surface area contributed by atoms with Crippen molar-refractivity contribution in [1.82, 2.24) is 4.90 Å². The quantitative estimate of drug-likeness (QED) is 0.846. The molecule has 0 aromatic carbocycles. The Morgan fingerprint density at radius 3 is 2.88 bits per heavy atom. The zero-order valence-corrected chi connectivity index (χ0v) is 10.7.